The van der Waals surface area contributed by atoms with Crippen LogP contribution in [0.4, 0.5) is 0 Å². The summed E-state index contributed by atoms with van der Waals surface area (Å²) in [6.45, 7) is 1.22. The fourth-order valence-corrected chi connectivity index (χ4v) is 3.85. The Bertz CT molecular complexity index is 1340. The summed E-state index contributed by atoms with van der Waals surface area (Å²) in [5.74, 6) is -4.56. The van der Waals surface area contributed by atoms with Crippen LogP contribution in [0.5, 0.6) is 17.2 Å². The van der Waals surface area contributed by atoms with Gasteiger partial charge in [-0.3, -0.25) is 9.88 Å². The Labute approximate surface area is 258 Å². The number of aromatic carboxylic acids is 3. The summed E-state index contributed by atoms with van der Waals surface area (Å²) in [5.41, 5.74) is 0.935. The number of hydrogen-bond acceptors (Lipinski definition) is 8. The first-order valence-electron chi connectivity index (χ1n) is 12.6. The van der Waals surface area contributed by atoms with Crippen LogP contribution in [0.25, 0.3) is 0 Å². The molecule has 1 unspecified atom stereocenters. The van der Waals surface area contributed by atoms with E-state index in [1.54, 1.807) is 12.1 Å². The van der Waals surface area contributed by atoms with Gasteiger partial charge in [0, 0.05) is 18.4 Å². The molecular weight excluding hydrogens is 599 g/mol. The van der Waals surface area contributed by atoms with Crippen LogP contribution in [-0.2, 0) is 17.1 Å². The zero-order valence-corrected chi connectivity index (χ0v) is 24.2. The van der Waals surface area contributed by atoms with Crippen molar-refractivity contribution in [1.29, 1.82) is 0 Å². The fourth-order valence-electron chi connectivity index (χ4n) is 3.85. The van der Waals surface area contributed by atoms with E-state index in [9.17, 15) is 24.6 Å². The predicted octanol–water partition coefficient (Wildman–Crippen LogP) is 3.85. The molecule has 12 heteroatoms. The van der Waals surface area contributed by atoms with Crippen molar-refractivity contribution in [1.82, 2.24) is 9.88 Å². The van der Waals surface area contributed by atoms with Crippen molar-refractivity contribution >= 4 is 17.9 Å². The van der Waals surface area contributed by atoms with Crippen molar-refractivity contribution in [2.24, 2.45) is 0 Å². The van der Waals surface area contributed by atoms with Gasteiger partial charge >= 0.3 is 35.0 Å². The van der Waals surface area contributed by atoms with Gasteiger partial charge in [0.15, 0.2) is 0 Å². The molecule has 1 saturated heterocycles. The largest absolute Gasteiger partial charge is 2.00 e. The average Bonchev–Trinajstić information content (AvgIpc) is 3.40. The molecule has 1 radical (unpaired) electrons. The van der Waals surface area contributed by atoms with Gasteiger partial charge in [-0.15, -0.1) is 0 Å². The number of likely N-dealkylation sites (tertiary alicyclic amines) is 1. The molecule has 43 heavy (non-hydrogen) atoms. The van der Waals surface area contributed by atoms with Crippen LogP contribution in [0.3, 0.4) is 0 Å². The Hall–Kier alpha value is -4.90. The van der Waals surface area contributed by atoms with Gasteiger partial charge in [0.25, 0.3) is 0 Å². The summed E-state index contributed by atoms with van der Waals surface area (Å²) in [4.78, 5) is 37.2. The van der Waals surface area contributed by atoms with Crippen molar-refractivity contribution in [2.75, 3.05) is 13.6 Å². The van der Waals surface area contributed by atoms with Crippen molar-refractivity contribution in [3.63, 3.8) is 0 Å². The number of carbonyl (C=O) groups is 3. The summed E-state index contributed by atoms with van der Waals surface area (Å²) >= 11 is 0. The second kappa shape index (κ2) is 18.5. The molecule has 1 aliphatic heterocycles. The molecule has 1 aromatic heterocycles. The smallest absolute Gasteiger partial charge is 0.872 e. The number of hydrogen-bond donors (Lipinski definition) is 4. The number of para-hydroxylation sites is 3. The van der Waals surface area contributed by atoms with E-state index in [4.69, 9.17) is 20.4 Å². The van der Waals surface area contributed by atoms with Gasteiger partial charge in [-0.2, -0.15) is 0 Å². The molecule has 0 aliphatic carbocycles. The number of aromatic hydroxyl groups is 1. The predicted molar refractivity (Wildman–Crippen MR) is 150 cm³/mol. The monoisotopic (exact) mass is 629 g/mol. The summed E-state index contributed by atoms with van der Waals surface area (Å²) in [7, 11) is 2.19. The van der Waals surface area contributed by atoms with E-state index >= 15 is 0 Å². The van der Waals surface area contributed by atoms with Gasteiger partial charge in [-0.25, -0.2) is 14.4 Å². The van der Waals surface area contributed by atoms with Gasteiger partial charge in [-0.05, 0) is 62.3 Å². The topological polar surface area (TPSA) is 194 Å². The first-order valence-corrected chi connectivity index (χ1v) is 12.6. The summed E-state index contributed by atoms with van der Waals surface area (Å²) < 4.78 is 0. The number of carboxylic acids is 3. The zero-order valence-electron chi connectivity index (χ0n) is 23.0. The average molecular weight is 630 g/mol. The Morgan fingerprint density at radius 3 is 1.53 bits per heavy atom. The number of phenols is 1. The molecule has 225 valence electrons. The molecule has 3 aromatic carbocycles. The molecule has 1 aliphatic rings. The third-order valence-corrected chi connectivity index (χ3v) is 5.96. The molecule has 0 amide bonds. The molecule has 1 fully saturated rings. The van der Waals surface area contributed by atoms with Crippen LogP contribution in [0.15, 0.2) is 97.3 Å². The molecule has 5 rings (SSSR count). The molecule has 4 N–H and O–H groups in total. The quantitative estimate of drug-likeness (QED) is 0.240. The molecule has 0 saturated carbocycles. The second-order valence-corrected chi connectivity index (χ2v) is 8.85. The van der Waals surface area contributed by atoms with Crippen molar-refractivity contribution in [3.8, 4) is 17.2 Å². The van der Waals surface area contributed by atoms with Gasteiger partial charge < -0.3 is 30.6 Å². The first kappa shape index (κ1) is 36.1. The third kappa shape index (κ3) is 11.9. The molecular formula is C31H30MnN2O9. The van der Waals surface area contributed by atoms with Crippen molar-refractivity contribution in [3.05, 3.63) is 120 Å². The summed E-state index contributed by atoms with van der Waals surface area (Å²) in [5, 5.41) is 55.4. The fraction of sp³-hybridized carbons (Fsp3) is 0.161. The van der Waals surface area contributed by atoms with E-state index in [0.717, 1.165) is 0 Å². The Balaban J connectivity index is 0.000000286. The van der Waals surface area contributed by atoms with Crippen LogP contribution in [0.1, 0.15) is 55.5 Å². The maximum Gasteiger partial charge on any atom is 2.00 e. The van der Waals surface area contributed by atoms with Crippen molar-refractivity contribution in [2.45, 2.75) is 18.9 Å². The Kier molecular flexibility index (Phi) is 15.6. The van der Waals surface area contributed by atoms with E-state index in [1.807, 2.05) is 18.5 Å². The molecule has 2 heterocycles. The summed E-state index contributed by atoms with van der Waals surface area (Å²) in [6, 6.07) is 21.7. The Morgan fingerprint density at radius 2 is 1.21 bits per heavy atom. The van der Waals surface area contributed by atoms with Crippen LogP contribution in [-0.4, -0.2) is 61.8 Å². The van der Waals surface area contributed by atoms with E-state index in [2.05, 4.69) is 23.0 Å². The van der Waals surface area contributed by atoms with Crippen LogP contribution in [0, 0.1) is 0 Å². The van der Waals surface area contributed by atoms with E-state index < -0.39 is 29.4 Å². The van der Waals surface area contributed by atoms with Gasteiger partial charge in [-0.1, -0.05) is 66.1 Å². The molecule has 0 spiro atoms. The van der Waals surface area contributed by atoms with Crippen LogP contribution < -0.4 is 10.2 Å². The van der Waals surface area contributed by atoms with Crippen LogP contribution >= 0.6 is 0 Å². The number of nitrogens with zero attached hydrogens (tertiary/aromatic N) is 2. The van der Waals surface area contributed by atoms with Gasteiger partial charge in [0.1, 0.15) is 11.3 Å². The van der Waals surface area contributed by atoms with E-state index in [1.165, 1.54) is 85.6 Å². The minimum Gasteiger partial charge on any atom is -0.872 e. The SMILES string of the molecule is CN1CCCC1c1cccnc1.O=C(O)c1ccccc1O.O=C(O)c1ccccc1[O-].O=C(O)c1ccccc1[O-].[Mn+2]. The van der Waals surface area contributed by atoms with Crippen molar-refractivity contribution < 1.29 is 62.1 Å². The molecule has 0 bridgehead atoms. The maximum absolute atomic E-state index is 10.7. The normalized spacial score (nSPS) is 13.3. The van der Waals surface area contributed by atoms with E-state index in [-0.39, 0.29) is 39.5 Å². The minimum atomic E-state index is -1.18. The third-order valence-electron chi connectivity index (χ3n) is 5.96. The number of pyridine rings is 1. The van der Waals surface area contributed by atoms with Crippen LogP contribution in [0.2, 0.25) is 0 Å². The molecule has 4 aromatic rings. The summed E-state index contributed by atoms with van der Waals surface area (Å²) in [6.07, 6.45) is 6.41. The minimum absolute atomic E-state index is 0. The first-order chi connectivity index (χ1) is 20.0. The second-order valence-electron chi connectivity index (χ2n) is 8.85. The number of carboxylic acid groups (broad SMARTS) is 3. The number of benzene rings is 3. The van der Waals surface area contributed by atoms with E-state index in [0.29, 0.717) is 6.04 Å². The zero-order chi connectivity index (χ0) is 31.1. The number of rotatable bonds is 4. The van der Waals surface area contributed by atoms with Gasteiger partial charge in [0.05, 0.1) is 11.1 Å². The molecule has 1 atom stereocenters. The Morgan fingerprint density at radius 1 is 0.744 bits per heavy atom. The maximum atomic E-state index is 10.7. The molecule has 11 nitrogen and oxygen atoms in total. The number of aromatic nitrogens is 1. The van der Waals surface area contributed by atoms with Gasteiger partial charge in [0.2, 0.25) is 0 Å². The standard InChI is InChI=1S/C10H14N2.3C7H6O3.Mn/c1-12-7-3-5-10(12)9-4-2-6-11-8-9;3*8-6-4-2-1-3-5(6)7(9)10;/h2,4,6,8,10H,3,5,7H2,1H3;3*1-4,8H,(H,9,10);/q;;;;+2/p-2.